The number of carbonyl (C=O) groups is 1. The summed E-state index contributed by atoms with van der Waals surface area (Å²) in [6, 6.07) is 5.47. The lowest BCUT2D eigenvalue weighted by atomic mass is 10.1. The molecule has 122 valence electrons. The van der Waals surface area contributed by atoms with Gasteiger partial charge in [-0.15, -0.1) is 0 Å². The van der Waals surface area contributed by atoms with Gasteiger partial charge in [0.2, 0.25) is 0 Å². The standard InChI is InChI=1S/C17H26N2O3/c1-12(2)21-14-5-6-16(22-13(3)4)15(11-14)17(20)19-9-7-18-8-10-19/h5-6,11-13,18H,7-10H2,1-4H3. The Labute approximate surface area is 132 Å². The minimum Gasteiger partial charge on any atom is -0.491 e. The van der Waals surface area contributed by atoms with Gasteiger partial charge in [-0.05, 0) is 45.9 Å². The summed E-state index contributed by atoms with van der Waals surface area (Å²) in [5.74, 6) is 1.32. The molecule has 0 saturated carbocycles. The van der Waals surface area contributed by atoms with Crippen LogP contribution in [0.4, 0.5) is 0 Å². The predicted octanol–water partition coefficient (Wildman–Crippen LogP) is 2.31. The topological polar surface area (TPSA) is 50.8 Å². The summed E-state index contributed by atoms with van der Waals surface area (Å²) in [4.78, 5) is 14.7. The highest BCUT2D eigenvalue weighted by molar-refractivity contribution is 5.97. The predicted molar refractivity (Wildman–Crippen MR) is 86.7 cm³/mol. The number of amides is 1. The number of hydrogen-bond acceptors (Lipinski definition) is 4. The first-order chi connectivity index (χ1) is 10.5. The van der Waals surface area contributed by atoms with Crippen LogP contribution in [0.1, 0.15) is 38.1 Å². The van der Waals surface area contributed by atoms with E-state index in [2.05, 4.69) is 5.32 Å². The Bertz CT molecular complexity index is 509. The summed E-state index contributed by atoms with van der Waals surface area (Å²) >= 11 is 0. The third-order valence-electron chi connectivity index (χ3n) is 3.32. The van der Waals surface area contributed by atoms with Gasteiger partial charge in [-0.2, -0.15) is 0 Å². The third kappa shape index (κ3) is 4.37. The molecule has 22 heavy (non-hydrogen) atoms. The molecule has 1 amide bonds. The van der Waals surface area contributed by atoms with Gasteiger partial charge in [-0.3, -0.25) is 4.79 Å². The van der Waals surface area contributed by atoms with E-state index in [0.717, 1.165) is 26.2 Å². The molecule has 1 saturated heterocycles. The first-order valence-corrected chi connectivity index (χ1v) is 7.94. The summed E-state index contributed by atoms with van der Waals surface area (Å²) in [5.41, 5.74) is 0.578. The van der Waals surface area contributed by atoms with E-state index < -0.39 is 0 Å². The van der Waals surface area contributed by atoms with Gasteiger partial charge in [-0.1, -0.05) is 0 Å². The van der Waals surface area contributed by atoms with E-state index in [1.54, 1.807) is 6.07 Å². The zero-order valence-corrected chi connectivity index (χ0v) is 13.9. The Kier molecular flexibility index (Phi) is 5.66. The van der Waals surface area contributed by atoms with Crippen LogP contribution in [-0.2, 0) is 0 Å². The van der Waals surface area contributed by atoms with Crippen LogP contribution < -0.4 is 14.8 Å². The molecule has 1 N–H and O–H groups in total. The average Bonchev–Trinajstić information content (AvgIpc) is 2.48. The van der Waals surface area contributed by atoms with Gasteiger partial charge in [0.05, 0.1) is 17.8 Å². The van der Waals surface area contributed by atoms with Gasteiger partial charge >= 0.3 is 0 Å². The van der Waals surface area contributed by atoms with Crippen molar-refractivity contribution in [2.24, 2.45) is 0 Å². The van der Waals surface area contributed by atoms with Gasteiger partial charge in [0, 0.05) is 26.2 Å². The van der Waals surface area contributed by atoms with Crippen molar-refractivity contribution in [3.05, 3.63) is 23.8 Å². The number of piperazine rings is 1. The van der Waals surface area contributed by atoms with Crippen molar-refractivity contribution in [1.82, 2.24) is 10.2 Å². The molecule has 0 atom stereocenters. The van der Waals surface area contributed by atoms with Crippen LogP contribution in [0.2, 0.25) is 0 Å². The summed E-state index contributed by atoms with van der Waals surface area (Å²) in [5, 5.41) is 3.26. The zero-order valence-electron chi connectivity index (χ0n) is 13.9. The first kappa shape index (κ1) is 16.6. The van der Waals surface area contributed by atoms with E-state index in [9.17, 15) is 4.79 Å². The van der Waals surface area contributed by atoms with Gasteiger partial charge in [0.15, 0.2) is 0 Å². The number of benzene rings is 1. The second kappa shape index (κ2) is 7.49. The van der Waals surface area contributed by atoms with E-state index in [0.29, 0.717) is 17.1 Å². The van der Waals surface area contributed by atoms with Gasteiger partial charge < -0.3 is 19.7 Å². The number of ether oxygens (including phenoxy) is 2. The fourth-order valence-electron chi connectivity index (χ4n) is 2.42. The Morgan fingerprint density at radius 3 is 2.32 bits per heavy atom. The van der Waals surface area contributed by atoms with Crippen LogP contribution in [0.5, 0.6) is 11.5 Å². The molecule has 5 nitrogen and oxygen atoms in total. The van der Waals surface area contributed by atoms with Crippen molar-refractivity contribution in [3.63, 3.8) is 0 Å². The maximum absolute atomic E-state index is 12.8. The molecule has 5 heteroatoms. The molecule has 0 spiro atoms. The van der Waals surface area contributed by atoms with E-state index in [4.69, 9.17) is 9.47 Å². The quantitative estimate of drug-likeness (QED) is 0.907. The minimum absolute atomic E-state index is 0.00589. The normalized spacial score (nSPS) is 15.3. The second-order valence-corrected chi connectivity index (χ2v) is 6.03. The van der Waals surface area contributed by atoms with Crippen molar-refractivity contribution in [1.29, 1.82) is 0 Å². The summed E-state index contributed by atoms with van der Waals surface area (Å²) in [7, 11) is 0. The highest BCUT2D eigenvalue weighted by Gasteiger charge is 2.22. The second-order valence-electron chi connectivity index (χ2n) is 6.03. The molecule has 1 aromatic carbocycles. The molecule has 0 bridgehead atoms. The van der Waals surface area contributed by atoms with Gasteiger partial charge in [0.25, 0.3) is 5.91 Å². The van der Waals surface area contributed by atoms with Crippen LogP contribution in [-0.4, -0.2) is 49.2 Å². The van der Waals surface area contributed by atoms with Crippen molar-refractivity contribution >= 4 is 5.91 Å². The molecular formula is C17H26N2O3. The molecule has 1 heterocycles. The molecule has 0 aromatic heterocycles. The average molecular weight is 306 g/mol. The fraction of sp³-hybridized carbons (Fsp3) is 0.588. The Morgan fingerprint density at radius 2 is 1.73 bits per heavy atom. The molecule has 0 radical (unpaired) electrons. The minimum atomic E-state index is 0.00589. The third-order valence-corrected chi connectivity index (χ3v) is 3.32. The maximum Gasteiger partial charge on any atom is 0.257 e. The van der Waals surface area contributed by atoms with E-state index in [1.807, 2.05) is 44.7 Å². The van der Waals surface area contributed by atoms with Gasteiger partial charge in [-0.25, -0.2) is 0 Å². The molecule has 1 aliphatic rings. The molecule has 1 fully saturated rings. The zero-order chi connectivity index (χ0) is 16.1. The van der Waals surface area contributed by atoms with Crippen LogP contribution >= 0.6 is 0 Å². The van der Waals surface area contributed by atoms with Crippen LogP contribution in [0.25, 0.3) is 0 Å². The Hall–Kier alpha value is -1.75. The molecule has 2 rings (SSSR count). The Balaban J connectivity index is 2.28. The SMILES string of the molecule is CC(C)Oc1ccc(OC(C)C)c(C(=O)N2CCNCC2)c1. The summed E-state index contributed by atoms with van der Waals surface area (Å²) in [6.45, 7) is 10.9. The lowest BCUT2D eigenvalue weighted by molar-refractivity contribution is 0.0728. The number of nitrogens with zero attached hydrogens (tertiary/aromatic N) is 1. The summed E-state index contributed by atoms with van der Waals surface area (Å²) in [6.07, 6.45) is 0.0884. The number of hydrogen-bond donors (Lipinski definition) is 1. The first-order valence-electron chi connectivity index (χ1n) is 7.94. The lowest BCUT2D eigenvalue weighted by Crippen LogP contribution is -2.46. The van der Waals surface area contributed by atoms with Crippen molar-refractivity contribution in [2.45, 2.75) is 39.9 Å². The smallest absolute Gasteiger partial charge is 0.257 e. The molecule has 1 aromatic rings. The monoisotopic (exact) mass is 306 g/mol. The molecular weight excluding hydrogens is 280 g/mol. The maximum atomic E-state index is 12.8. The lowest BCUT2D eigenvalue weighted by Gasteiger charge is -2.28. The number of nitrogens with one attached hydrogen (secondary N) is 1. The van der Waals surface area contributed by atoms with Crippen LogP contribution in [0.15, 0.2) is 18.2 Å². The van der Waals surface area contributed by atoms with Gasteiger partial charge in [0.1, 0.15) is 11.5 Å². The number of rotatable bonds is 5. The highest BCUT2D eigenvalue weighted by atomic mass is 16.5. The molecule has 0 aliphatic carbocycles. The Morgan fingerprint density at radius 1 is 1.09 bits per heavy atom. The van der Waals surface area contributed by atoms with Crippen molar-refractivity contribution in [2.75, 3.05) is 26.2 Å². The highest BCUT2D eigenvalue weighted by Crippen LogP contribution is 2.27. The van der Waals surface area contributed by atoms with Crippen LogP contribution in [0, 0.1) is 0 Å². The summed E-state index contributed by atoms with van der Waals surface area (Å²) < 4.78 is 11.5. The number of carbonyl (C=O) groups excluding carboxylic acids is 1. The van der Waals surface area contributed by atoms with E-state index in [-0.39, 0.29) is 18.1 Å². The largest absolute Gasteiger partial charge is 0.491 e. The van der Waals surface area contributed by atoms with E-state index in [1.165, 1.54) is 0 Å². The van der Waals surface area contributed by atoms with Crippen molar-refractivity contribution < 1.29 is 14.3 Å². The molecule has 0 unspecified atom stereocenters. The van der Waals surface area contributed by atoms with Crippen molar-refractivity contribution in [3.8, 4) is 11.5 Å². The van der Waals surface area contributed by atoms with Crippen LogP contribution in [0.3, 0.4) is 0 Å². The fourth-order valence-corrected chi connectivity index (χ4v) is 2.42. The van der Waals surface area contributed by atoms with E-state index >= 15 is 0 Å². The molecule has 1 aliphatic heterocycles.